The first-order chi connectivity index (χ1) is 10.1. The zero-order chi connectivity index (χ0) is 14.8. The van der Waals surface area contributed by atoms with Gasteiger partial charge in [0.1, 0.15) is 0 Å². The van der Waals surface area contributed by atoms with Crippen molar-refractivity contribution in [3.63, 3.8) is 0 Å². The van der Waals surface area contributed by atoms with E-state index in [1.165, 1.54) is 0 Å². The van der Waals surface area contributed by atoms with Crippen LogP contribution >= 0.6 is 11.6 Å². The Bertz CT molecular complexity index is 649. The van der Waals surface area contributed by atoms with Gasteiger partial charge in [0, 0.05) is 43.5 Å². The standard InChI is InChI=1S/C15H16ClN5/c1-21(2)15-17-8-11(9-18-15)14-7-13(19-20-14)10-3-5-12(16)6-4-10/h3-6,8-9,14,20H,7H2,1-2H3. The first kappa shape index (κ1) is 13.8. The van der Waals surface area contributed by atoms with E-state index in [0.717, 1.165) is 28.3 Å². The Morgan fingerprint density at radius 2 is 1.81 bits per heavy atom. The van der Waals surface area contributed by atoms with Gasteiger partial charge < -0.3 is 10.3 Å². The van der Waals surface area contributed by atoms with Gasteiger partial charge in [-0.3, -0.25) is 0 Å². The molecule has 2 aromatic rings. The molecule has 1 atom stereocenters. The van der Waals surface area contributed by atoms with Crippen molar-refractivity contribution >= 4 is 23.3 Å². The third-order valence-corrected chi connectivity index (χ3v) is 3.64. The summed E-state index contributed by atoms with van der Waals surface area (Å²) in [6.45, 7) is 0. The molecule has 0 saturated heterocycles. The van der Waals surface area contributed by atoms with Crippen molar-refractivity contribution in [1.29, 1.82) is 0 Å². The molecule has 1 unspecified atom stereocenters. The smallest absolute Gasteiger partial charge is 0.224 e. The molecule has 0 amide bonds. The molecule has 5 nitrogen and oxygen atoms in total. The number of rotatable bonds is 3. The van der Waals surface area contributed by atoms with Crippen LogP contribution in [0, 0.1) is 0 Å². The average molecular weight is 302 g/mol. The second kappa shape index (κ2) is 5.69. The number of benzene rings is 1. The van der Waals surface area contributed by atoms with Crippen LogP contribution in [-0.2, 0) is 0 Å². The van der Waals surface area contributed by atoms with E-state index >= 15 is 0 Å². The summed E-state index contributed by atoms with van der Waals surface area (Å²) in [7, 11) is 3.84. The van der Waals surface area contributed by atoms with Gasteiger partial charge in [0.05, 0.1) is 11.8 Å². The highest BCUT2D eigenvalue weighted by Crippen LogP contribution is 2.24. The van der Waals surface area contributed by atoms with E-state index in [0.29, 0.717) is 5.95 Å². The molecule has 2 heterocycles. The van der Waals surface area contributed by atoms with Gasteiger partial charge in [-0.05, 0) is 17.7 Å². The molecule has 0 bridgehead atoms. The van der Waals surface area contributed by atoms with Crippen LogP contribution < -0.4 is 10.3 Å². The summed E-state index contributed by atoms with van der Waals surface area (Å²) in [6.07, 6.45) is 4.51. The maximum absolute atomic E-state index is 5.91. The summed E-state index contributed by atoms with van der Waals surface area (Å²) < 4.78 is 0. The normalized spacial score (nSPS) is 17.3. The lowest BCUT2D eigenvalue weighted by atomic mass is 10.0. The van der Waals surface area contributed by atoms with Gasteiger partial charge in [-0.15, -0.1) is 0 Å². The lowest BCUT2D eigenvalue weighted by Crippen LogP contribution is -2.15. The lowest BCUT2D eigenvalue weighted by molar-refractivity contribution is 0.614. The summed E-state index contributed by atoms with van der Waals surface area (Å²) in [5.74, 6) is 0.704. The van der Waals surface area contributed by atoms with Gasteiger partial charge in [-0.25, -0.2) is 9.97 Å². The van der Waals surface area contributed by atoms with Crippen molar-refractivity contribution in [2.75, 3.05) is 19.0 Å². The number of hydrogen-bond donors (Lipinski definition) is 1. The highest BCUT2D eigenvalue weighted by atomic mass is 35.5. The van der Waals surface area contributed by atoms with Crippen LogP contribution in [0.2, 0.25) is 5.02 Å². The van der Waals surface area contributed by atoms with Crippen molar-refractivity contribution in [1.82, 2.24) is 15.4 Å². The van der Waals surface area contributed by atoms with Crippen molar-refractivity contribution < 1.29 is 0 Å². The summed E-state index contributed by atoms with van der Waals surface area (Å²) in [6, 6.07) is 7.84. The zero-order valence-electron chi connectivity index (χ0n) is 11.9. The number of halogens is 1. The van der Waals surface area contributed by atoms with E-state index in [1.807, 2.05) is 55.7 Å². The molecule has 1 aromatic carbocycles. The summed E-state index contributed by atoms with van der Waals surface area (Å²) >= 11 is 5.91. The first-order valence-corrected chi connectivity index (χ1v) is 7.08. The molecule has 3 rings (SSSR count). The van der Waals surface area contributed by atoms with Gasteiger partial charge in [0.15, 0.2) is 0 Å². The van der Waals surface area contributed by atoms with Gasteiger partial charge in [0.25, 0.3) is 0 Å². The van der Waals surface area contributed by atoms with Crippen molar-refractivity contribution in [3.05, 3.63) is 52.8 Å². The molecule has 21 heavy (non-hydrogen) atoms. The third kappa shape index (κ3) is 2.97. The van der Waals surface area contributed by atoms with E-state index in [9.17, 15) is 0 Å². The topological polar surface area (TPSA) is 53.4 Å². The van der Waals surface area contributed by atoms with E-state index in [1.54, 1.807) is 0 Å². The Kier molecular flexibility index (Phi) is 3.75. The van der Waals surface area contributed by atoms with Gasteiger partial charge in [-0.1, -0.05) is 23.7 Å². The Morgan fingerprint density at radius 1 is 1.14 bits per heavy atom. The van der Waals surface area contributed by atoms with E-state index in [2.05, 4.69) is 20.5 Å². The molecule has 0 aliphatic carbocycles. The molecule has 1 aliphatic rings. The fourth-order valence-electron chi connectivity index (χ4n) is 2.20. The Hall–Kier alpha value is -2.14. The Balaban J connectivity index is 1.72. The molecule has 108 valence electrons. The minimum atomic E-state index is 0.117. The van der Waals surface area contributed by atoms with Crippen molar-refractivity contribution in [3.8, 4) is 0 Å². The highest BCUT2D eigenvalue weighted by molar-refractivity contribution is 6.30. The molecular weight excluding hydrogens is 286 g/mol. The number of hydrazone groups is 1. The molecule has 6 heteroatoms. The van der Waals surface area contributed by atoms with Gasteiger partial charge in [-0.2, -0.15) is 5.10 Å². The monoisotopic (exact) mass is 301 g/mol. The second-order valence-corrected chi connectivity index (χ2v) is 5.60. The minimum absolute atomic E-state index is 0.117. The quantitative estimate of drug-likeness (QED) is 0.947. The fraction of sp³-hybridized carbons (Fsp3) is 0.267. The van der Waals surface area contributed by atoms with Gasteiger partial charge >= 0.3 is 0 Å². The molecular formula is C15H16ClN5. The number of anilines is 1. The largest absolute Gasteiger partial charge is 0.347 e. The predicted molar refractivity (Wildman–Crippen MR) is 84.8 cm³/mol. The van der Waals surface area contributed by atoms with Crippen LogP contribution in [-0.4, -0.2) is 29.8 Å². The lowest BCUT2D eigenvalue weighted by Gasteiger charge is -2.12. The average Bonchev–Trinajstić information content (AvgIpc) is 2.98. The van der Waals surface area contributed by atoms with Crippen LogP contribution in [0.25, 0.3) is 0 Å². The molecule has 0 spiro atoms. The molecule has 1 aliphatic heterocycles. The van der Waals surface area contributed by atoms with Crippen LogP contribution in [0.5, 0.6) is 0 Å². The number of nitrogens with one attached hydrogen (secondary N) is 1. The van der Waals surface area contributed by atoms with E-state index in [4.69, 9.17) is 11.6 Å². The predicted octanol–water partition coefficient (Wildman–Crippen LogP) is 2.63. The van der Waals surface area contributed by atoms with Gasteiger partial charge in [0.2, 0.25) is 5.95 Å². The van der Waals surface area contributed by atoms with Crippen molar-refractivity contribution in [2.24, 2.45) is 5.10 Å². The summed E-state index contributed by atoms with van der Waals surface area (Å²) in [5.41, 5.74) is 6.29. The molecule has 1 aromatic heterocycles. The molecule has 0 radical (unpaired) electrons. The summed E-state index contributed by atoms with van der Waals surface area (Å²) in [5, 5.41) is 5.14. The van der Waals surface area contributed by atoms with E-state index in [-0.39, 0.29) is 6.04 Å². The minimum Gasteiger partial charge on any atom is -0.347 e. The van der Waals surface area contributed by atoms with Crippen LogP contribution in [0.15, 0.2) is 41.8 Å². The van der Waals surface area contributed by atoms with E-state index < -0.39 is 0 Å². The Labute approximate surface area is 128 Å². The number of nitrogens with zero attached hydrogens (tertiary/aromatic N) is 4. The summed E-state index contributed by atoms with van der Waals surface area (Å²) in [4.78, 5) is 10.6. The van der Waals surface area contributed by atoms with Crippen LogP contribution in [0.1, 0.15) is 23.6 Å². The molecule has 0 saturated carbocycles. The molecule has 0 fully saturated rings. The zero-order valence-corrected chi connectivity index (χ0v) is 12.7. The number of hydrogen-bond acceptors (Lipinski definition) is 5. The first-order valence-electron chi connectivity index (χ1n) is 6.71. The SMILES string of the molecule is CN(C)c1ncc(C2CC(c3ccc(Cl)cc3)=NN2)cn1. The van der Waals surface area contributed by atoms with Crippen molar-refractivity contribution in [2.45, 2.75) is 12.5 Å². The van der Waals surface area contributed by atoms with Crippen LogP contribution in [0.4, 0.5) is 5.95 Å². The number of aromatic nitrogens is 2. The maximum atomic E-state index is 5.91. The highest BCUT2D eigenvalue weighted by Gasteiger charge is 2.21. The Morgan fingerprint density at radius 3 is 2.43 bits per heavy atom. The fourth-order valence-corrected chi connectivity index (χ4v) is 2.33. The maximum Gasteiger partial charge on any atom is 0.224 e. The second-order valence-electron chi connectivity index (χ2n) is 5.16. The third-order valence-electron chi connectivity index (χ3n) is 3.39. The molecule has 1 N–H and O–H groups in total. The van der Waals surface area contributed by atoms with Crippen LogP contribution in [0.3, 0.4) is 0 Å².